The first-order chi connectivity index (χ1) is 13.4. The van der Waals surface area contributed by atoms with Crippen LogP contribution >= 0.6 is 27.5 Å². The fourth-order valence-electron chi connectivity index (χ4n) is 6.16. The van der Waals surface area contributed by atoms with Crippen LogP contribution in [0.2, 0.25) is 5.02 Å². The molecule has 4 nitrogen and oxygen atoms in total. The predicted octanol–water partition coefficient (Wildman–Crippen LogP) is 5.78. The van der Waals surface area contributed by atoms with Crippen molar-refractivity contribution in [3.8, 4) is 5.75 Å². The Morgan fingerprint density at radius 2 is 1.89 bits per heavy atom. The van der Waals surface area contributed by atoms with E-state index < -0.39 is 0 Å². The molecule has 1 aromatic carbocycles. The Morgan fingerprint density at radius 1 is 1.25 bits per heavy atom. The highest BCUT2D eigenvalue weighted by Gasteiger charge is 2.53. The summed E-state index contributed by atoms with van der Waals surface area (Å²) in [4.78, 5) is 12.4. The molecule has 28 heavy (non-hydrogen) atoms. The Hall–Kier alpha value is -0.940. The Kier molecular flexibility index (Phi) is 6.12. The molecule has 0 aliphatic heterocycles. The molecule has 1 atom stereocenters. The number of hydrogen-bond acceptors (Lipinski definition) is 2. The first kappa shape index (κ1) is 20.3. The minimum atomic E-state index is -0.0510. The van der Waals surface area contributed by atoms with Crippen LogP contribution in [0.15, 0.2) is 22.7 Å². The molecule has 1 unspecified atom stereocenters. The lowest BCUT2D eigenvalue weighted by Gasteiger charge is -2.59. The van der Waals surface area contributed by atoms with Crippen molar-refractivity contribution in [2.24, 2.45) is 23.2 Å². The number of carbonyl (C=O) groups is 1. The number of nitrogens with one attached hydrogen (secondary N) is 2. The van der Waals surface area contributed by atoms with Gasteiger partial charge in [-0.1, -0.05) is 27.5 Å². The molecule has 1 aromatic rings. The molecule has 4 aliphatic rings. The van der Waals surface area contributed by atoms with Crippen LogP contribution in [0.5, 0.6) is 5.75 Å². The van der Waals surface area contributed by atoms with Gasteiger partial charge in [0.15, 0.2) is 0 Å². The van der Waals surface area contributed by atoms with Crippen LogP contribution in [0.4, 0.5) is 4.79 Å². The zero-order valence-corrected chi connectivity index (χ0v) is 18.8. The number of urea groups is 1. The number of benzene rings is 1. The predicted molar refractivity (Wildman–Crippen MR) is 116 cm³/mol. The highest BCUT2D eigenvalue weighted by atomic mass is 79.9. The average molecular weight is 470 g/mol. The van der Waals surface area contributed by atoms with E-state index in [-0.39, 0.29) is 12.1 Å². The molecular weight excluding hydrogens is 440 g/mol. The molecule has 2 N–H and O–H groups in total. The molecule has 4 saturated carbocycles. The summed E-state index contributed by atoms with van der Waals surface area (Å²) in [6, 6.07) is 5.76. The fraction of sp³-hybridized carbons (Fsp3) is 0.682. The topological polar surface area (TPSA) is 50.4 Å². The van der Waals surface area contributed by atoms with E-state index in [9.17, 15) is 4.79 Å². The van der Waals surface area contributed by atoms with Gasteiger partial charge in [-0.25, -0.2) is 4.79 Å². The molecule has 4 aliphatic carbocycles. The number of rotatable bonds is 7. The molecule has 4 fully saturated rings. The van der Waals surface area contributed by atoms with Crippen molar-refractivity contribution in [1.29, 1.82) is 0 Å². The first-order valence-electron chi connectivity index (χ1n) is 10.6. The summed E-state index contributed by atoms with van der Waals surface area (Å²) in [6.45, 7) is 3.32. The van der Waals surface area contributed by atoms with Crippen molar-refractivity contribution >= 4 is 33.6 Å². The van der Waals surface area contributed by atoms with Crippen LogP contribution < -0.4 is 15.4 Å². The van der Waals surface area contributed by atoms with Crippen molar-refractivity contribution in [2.75, 3.05) is 13.2 Å². The van der Waals surface area contributed by atoms with Crippen LogP contribution in [0.25, 0.3) is 0 Å². The number of ether oxygens (including phenoxy) is 1. The van der Waals surface area contributed by atoms with Gasteiger partial charge in [-0.15, -0.1) is 0 Å². The highest BCUT2D eigenvalue weighted by molar-refractivity contribution is 9.10. The van der Waals surface area contributed by atoms with Crippen molar-refractivity contribution in [3.05, 3.63) is 27.7 Å². The van der Waals surface area contributed by atoms with Gasteiger partial charge in [0, 0.05) is 17.1 Å². The standard InChI is InChI=1S/C22H30BrClN2O2/c1-14(22-11-15-7-16(12-22)9-17(8-15)13-22)26-21(27)25-5-2-6-28-20-4-3-18(23)10-19(20)24/h3-4,10,14-17H,2,5-9,11-13H2,1H3,(H2,25,26,27). The number of carbonyl (C=O) groups excluding carboxylic acids is 1. The van der Waals surface area contributed by atoms with E-state index >= 15 is 0 Å². The monoisotopic (exact) mass is 468 g/mol. The molecule has 0 heterocycles. The molecule has 6 heteroatoms. The lowest BCUT2D eigenvalue weighted by atomic mass is 9.48. The van der Waals surface area contributed by atoms with E-state index in [0.717, 1.165) is 28.6 Å². The molecular formula is C22H30BrClN2O2. The fourth-order valence-corrected chi connectivity index (χ4v) is 6.89. The lowest BCUT2D eigenvalue weighted by Crippen LogP contribution is -2.57. The molecule has 5 rings (SSSR count). The second-order valence-corrected chi connectivity index (χ2v) is 10.5. The SMILES string of the molecule is CC(NC(=O)NCCCOc1ccc(Br)cc1Cl)C12CC3CC(CC(C3)C1)C2. The van der Waals surface area contributed by atoms with Crippen LogP contribution in [0.3, 0.4) is 0 Å². The van der Waals surface area contributed by atoms with Gasteiger partial charge >= 0.3 is 6.03 Å². The second kappa shape index (κ2) is 8.43. The molecule has 154 valence electrons. The van der Waals surface area contributed by atoms with Crippen LogP contribution in [-0.4, -0.2) is 25.2 Å². The number of amides is 2. The smallest absolute Gasteiger partial charge is 0.315 e. The Balaban J connectivity index is 1.18. The Labute approximate surface area is 181 Å². The Morgan fingerprint density at radius 3 is 2.50 bits per heavy atom. The summed E-state index contributed by atoms with van der Waals surface area (Å²) >= 11 is 9.52. The molecule has 2 amide bonds. The van der Waals surface area contributed by atoms with Crippen LogP contribution in [-0.2, 0) is 0 Å². The van der Waals surface area contributed by atoms with Gasteiger partial charge < -0.3 is 15.4 Å². The third kappa shape index (κ3) is 4.46. The molecule has 0 spiro atoms. The van der Waals surface area contributed by atoms with E-state index in [1.54, 1.807) is 0 Å². The number of halogens is 2. The largest absolute Gasteiger partial charge is 0.492 e. The maximum Gasteiger partial charge on any atom is 0.315 e. The maximum absolute atomic E-state index is 12.4. The van der Waals surface area contributed by atoms with Gasteiger partial charge in [0.05, 0.1) is 11.6 Å². The van der Waals surface area contributed by atoms with Crippen molar-refractivity contribution in [2.45, 2.75) is 57.9 Å². The second-order valence-electron chi connectivity index (χ2n) is 9.18. The normalized spacial score (nSPS) is 31.5. The Bertz CT molecular complexity index is 691. The van der Waals surface area contributed by atoms with E-state index in [2.05, 4.69) is 33.5 Å². The lowest BCUT2D eigenvalue weighted by molar-refractivity contribution is -0.0682. The third-order valence-electron chi connectivity index (χ3n) is 7.11. The van der Waals surface area contributed by atoms with Gasteiger partial charge in [-0.3, -0.25) is 0 Å². The maximum atomic E-state index is 12.4. The van der Waals surface area contributed by atoms with E-state index in [1.807, 2.05) is 18.2 Å². The summed E-state index contributed by atoms with van der Waals surface area (Å²) < 4.78 is 6.62. The van der Waals surface area contributed by atoms with E-state index in [4.69, 9.17) is 16.3 Å². The molecule has 0 aromatic heterocycles. The summed E-state index contributed by atoms with van der Waals surface area (Å²) in [5.74, 6) is 3.38. The zero-order chi connectivity index (χ0) is 19.7. The van der Waals surface area contributed by atoms with Gasteiger partial charge in [0.2, 0.25) is 0 Å². The van der Waals surface area contributed by atoms with Crippen molar-refractivity contribution < 1.29 is 9.53 Å². The van der Waals surface area contributed by atoms with Gasteiger partial charge in [0.1, 0.15) is 5.75 Å². The van der Waals surface area contributed by atoms with Crippen LogP contribution in [0, 0.1) is 23.2 Å². The summed E-state index contributed by atoms with van der Waals surface area (Å²) in [5.41, 5.74) is 0.341. The molecule has 0 radical (unpaired) electrons. The average Bonchev–Trinajstić information content (AvgIpc) is 2.62. The van der Waals surface area contributed by atoms with Gasteiger partial charge in [-0.2, -0.15) is 0 Å². The van der Waals surface area contributed by atoms with E-state index in [0.29, 0.717) is 29.3 Å². The van der Waals surface area contributed by atoms with E-state index in [1.165, 1.54) is 38.5 Å². The molecule has 0 saturated heterocycles. The van der Waals surface area contributed by atoms with Crippen molar-refractivity contribution in [1.82, 2.24) is 10.6 Å². The number of hydrogen-bond donors (Lipinski definition) is 2. The summed E-state index contributed by atoms with van der Waals surface area (Å²) in [7, 11) is 0. The van der Waals surface area contributed by atoms with Crippen LogP contribution in [0.1, 0.15) is 51.9 Å². The minimum absolute atomic E-state index is 0.0510. The summed E-state index contributed by atoms with van der Waals surface area (Å²) in [6.07, 6.45) is 8.96. The first-order valence-corrected chi connectivity index (χ1v) is 11.7. The zero-order valence-electron chi connectivity index (χ0n) is 16.5. The van der Waals surface area contributed by atoms with Gasteiger partial charge in [-0.05, 0) is 93.2 Å². The minimum Gasteiger partial charge on any atom is -0.492 e. The molecule has 4 bridgehead atoms. The third-order valence-corrected chi connectivity index (χ3v) is 7.90. The quantitative estimate of drug-likeness (QED) is 0.498. The van der Waals surface area contributed by atoms with Gasteiger partial charge in [0.25, 0.3) is 0 Å². The summed E-state index contributed by atoms with van der Waals surface area (Å²) in [5, 5.41) is 6.82. The van der Waals surface area contributed by atoms with Crippen molar-refractivity contribution in [3.63, 3.8) is 0 Å². The highest BCUT2D eigenvalue weighted by Crippen LogP contribution is 2.61.